The molecule has 1 aromatic rings. The summed E-state index contributed by atoms with van der Waals surface area (Å²) in [5, 5.41) is 7.13. The molecule has 5 heteroatoms. The van der Waals surface area contributed by atoms with Gasteiger partial charge in [0.25, 0.3) is 0 Å². The Kier molecular flexibility index (Phi) is 2.38. The zero-order chi connectivity index (χ0) is 11.0. The number of nitrogens with one attached hydrogen (secondary N) is 1. The predicted molar refractivity (Wildman–Crippen MR) is 57.3 cm³/mol. The number of nitrogen functional groups attached to an aromatic ring is 1. The molecule has 1 aliphatic rings. The maximum atomic E-state index is 11.7. The standard InChI is InChI=1S/C10H16N4O/c1-6-9(11)5-14(13-6)7(2)10(15)12-8-3-4-8/h5,7-8H,3-4,11H2,1-2H3,(H,12,15). The van der Waals surface area contributed by atoms with E-state index in [0.29, 0.717) is 11.7 Å². The Morgan fingerprint density at radius 2 is 2.40 bits per heavy atom. The van der Waals surface area contributed by atoms with Gasteiger partial charge in [0.15, 0.2) is 0 Å². The molecule has 0 saturated heterocycles. The van der Waals surface area contributed by atoms with Gasteiger partial charge in [-0.05, 0) is 26.7 Å². The van der Waals surface area contributed by atoms with Crippen LogP contribution in [0.1, 0.15) is 31.5 Å². The molecule has 1 saturated carbocycles. The molecule has 0 bridgehead atoms. The van der Waals surface area contributed by atoms with Crippen LogP contribution in [-0.4, -0.2) is 21.7 Å². The second-order valence-electron chi connectivity index (χ2n) is 4.11. The van der Waals surface area contributed by atoms with Crippen LogP contribution in [-0.2, 0) is 4.79 Å². The number of amides is 1. The lowest BCUT2D eigenvalue weighted by Gasteiger charge is -2.11. The van der Waals surface area contributed by atoms with Gasteiger partial charge in [0, 0.05) is 12.2 Å². The van der Waals surface area contributed by atoms with Crippen molar-refractivity contribution in [1.82, 2.24) is 15.1 Å². The average Bonchev–Trinajstić information content (AvgIpc) is 2.93. The van der Waals surface area contributed by atoms with E-state index in [1.165, 1.54) is 0 Å². The highest BCUT2D eigenvalue weighted by atomic mass is 16.2. The van der Waals surface area contributed by atoms with E-state index < -0.39 is 0 Å². The second kappa shape index (κ2) is 3.56. The van der Waals surface area contributed by atoms with Crippen LogP contribution < -0.4 is 11.1 Å². The summed E-state index contributed by atoms with van der Waals surface area (Å²) in [7, 11) is 0. The maximum Gasteiger partial charge on any atom is 0.244 e. The number of hydrogen-bond acceptors (Lipinski definition) is 3. The predicted octanol–water partition coefficient (Wildman–Crippen LogP) is 0.613. The summed E-state index contributed by atoms with van der Waals surface area (Å²) < 4.78 is 1.61. The fourth-order valence-electron chi connectivity index (χ4n) is 1.36. The highest BCUT2D eigenvalue weighted by molar-refractivity contribution is 5.80. The zero-order valence-corrected chi connectivity index (χ0v) is 9.03. The first kappa shape index (κ1) is 10.0. The molecule has 1 fully saturated rings. The van der Waals surface area contributed by atoms with Crippen molar-refractivity contribution in [3.8, 4) is 0 Å². The van der Waals surface area contributed by atoms with E-state index in [2.05, 4.69) is 10.4 Å². The van der Waals surface area contributed by atoms with E-state index in [-0.39, 0.29) is 11.9 Å². The van der Waals surface area contributed by atoms with Crippen LogP contribution >= 0.6 is 0 Å². The van der Waals surface area contributed by atoms with Crippen LogP contribution in [0.5, 0.6) is 0 Å². The lowest BCUT2D eigenvalue weighted by atomic mass is 10.3. The number of carbonyl (C=O) groups is 1. The van der Waals surface area contributed by atoms with Crippen molar-refractivity contribution in [1.29, 1.82) is 0 Å². The highest BCUT2D eigenvalue weighted by Gasteiger charge is 2.26. The number of rotatable bonds is 3. The van der Waals surface area contributed by atoms with Gasteiger partial charge < -0.3 is 11.1 Å². The van der Waals surface area contributed by atoms with Crippen LogP contribution in [0.2, 0.25) is 0 Å². The smallest absolute Gasteiger partial charge is 0.244 e. The Morgan fingerprint density at radius 1 is 1.73 bits per heavy atom. The van der Waals surface area contributed by atoms with Crippen molar-refractivity contribution in [3.63, 3.8) is 0 Å². The van der Waals surface area contributed by atoms with Gasteiger partial charge in [0.2, 0.25) is 5.91 Å². The molecule has 3 N–H and O–H groups in total. The molecule has 0 aromatic carbocycles. The minimum absolute atomic E-state index is 0.0139. The molecule has 1 amide bonds. The third-order valence-electron chi connectivity index (χ3n) is 2.65. The Balaban J connectivity index is 2.05. The van der Waals surface area contributed by atoms with Crippen molar-refractivity contribution in [2.45, 2.75) is 38.8 Å². The molecule has 1 aliphatic carbocycles. The van der Waals surface area contributed by atoms with Gasteiger partial charge in [0.1, 0.15) is 6.04 Å². The molecule has 82 valence electrons. The Labute approximate surface area is 88.6 Å². The Hall–Kier alpha value is -1.52. The summed E-state index contributed by atoms with van der Waals surface area (Å²) in [6.45, 7) is 3.65. The normalized spacial score (nSPS) is 17.5. The van der Waals surface area contributed by atoms with E-state index in [1.54, 1.807) is 10.9 Å². The fourth-order valence-corrected chi connectivity index (χ4v) is 1.36. The number of aromatic nitrogens is 2. The maximum absolute atomic E-state index is 11.7. The van der Waals surface area contributed by atoms with Gasteiger partial charge in [0.05, 0.1) is 11.4 Å². The molecule has 1 heterocycles. The lowest BCUT2D eigenvalue weighted by molar-refractivity contribution is -0.124. The van der Waals surface area contributed by atoms with E-state index in [4.69, 9.17) is 5.73 Å². The van der Waals surface area contributed by atoms with Crippen molar-refractivity contribution in [3.05, 3.63) is 11.9 Å². The van der Waals surface area contributed by atoms with Gasteiger partial charge >= 0.3 is 0 Å². The third kappa shape index (κ3) is 2.11. The first-order valence-electron chi connectivity index (χ1n) is 5.19. The van der Waals surface area contributed by atoms with Gasteiger partial charge in [-0.15, -0.1) is 0 Å². The first-order valence-corrected chi connectivity index (χ1v) is 5.19. The van der Waals surface area contributed by atoms with Crippen molar-refractivity contribution in [2.24, 2.45) is 0 Å². The molecule has 1 aromatic heterocycles. The van der Waals surface area contributed by atoms with E-state index in [9.17, 15) is 4.79 Å². The number of nitrogens with two attached hydrogens (primary N) is 1. The van der Waals surface area contributed by atoms with E-state index >= 15 is 0 Å². The minimum atomic E-state index is -0.290. The summed E-state index contributed by atoms with van der Waals surface area (Å²) in [6, 6.07) is 0.0931. The largest absolute Gasteiger partial charge is 0.396 e. The lowest BCUT2D eigenvalue weighted by Crippen LogP contribution is -2.32. The summed E-state index contributed by atoms with van der Waals surface area (Å²) in [5.74, 6) is 0.0139. The highest BCUT2D eigenvalue weighted by Crippen LogP contribution is 2.20. The fraction of sp³-hybridized carbons (Fsp3) is 0.600. The van der Waals surface area contributed by atoms with Gasteiger partial charge in [-0.25, -0.2) is 0 Å². The SMILES string of the molecule is Cc1nn(C(C)C(=O)NC2CC2)cc1N. The monoisotopic (exact) mass is 208 g/mol. The molecular formula is C10H16N4O. The first-order chi connectivity index (χ1) is 7.08. The van der Waals surface area contributed by atoms with Gasteiger partial charge in [-0.1, -0.05) is 0 Å². The molecule has 1 unspecified atom stereocenters. The molecule has 15 heavy (non-hydrogen) atoms. The van der Waals surface area contributed by atoms with Crippen LogP contribution in [0.25, 0.3) is 0 Å². The van der Waals surface area contributed by atoms with Crippen molar-refractivity contribution in [2.75, 3.05) is 5.73 Å². The van der Waals surface area contributed by atoms with Gasteiger partial charge in [-0.2, -0.15) is 5.10 Å². The number of nitrogens with zero attached hydrogens (tertiary/aromatic N) is 2. The van der Waals surface area contributed by atoms with Crippen molar-refractivity contribution < 1.29 is 4.79 Å². The molecule has 0 aliphatic heterocycles. The number of aryl methyl sites for hydroxylation is 1. The average molecular weight is 208 g/mol. The molecular weight excluding hydrogens is 192 g/mol. The second-order valence-corrected chi connectivity index (χ2v) is 4.11. The number of hydrogen-bond donors (Lipinski definition) is 2. The topological polar surface area (TPSA) is 72.9 Å². The molecule has 5 nitrogen and oxygen atoms in total. The molecule has 0 spiro atoms. The van der Waals surface area contributed by atoms with Crippen LogP contribution in [0.4, 0.5) is 5.69 Å². The minimum Gasteiger partial charge on any atom is -0.396 e. The molecule has 2 rings (SSSR count). The number of carbonyl (C=O) groups excluding carboxylic acids is 1. The Bertz CT molecular complexity index is 361. The Morgan fingerprint density at radius 3 is 2.87 bits per heavy atom. The van der Waals surface area contributed by atoms with E-state index in [0.717, 1.165) is 18.5 Å². The number of anilines is 1. The van der Waals surface area contributed by atoms with Gasteiger partial charge in [-0.3, -0.25) is 9.48 Å². The van der Waals surface area contributed by atoms with Crippen LogP contribution in [0, 0.1) is 6.92 Å². The summed E-state index contributed by atoms with van der Waals surface area (Å²) >= 11 is 0. The molecule has 1 atom stereocenters. The van der Waals surface area contributed by atoms with Crippen LogP contribution in [0.3, 0.4) is 0 Å². The van der Waals surface area contributed by atoms with E-state index in [1.807, 2.05) is 13.8 Å². The summed E-state index contributed by atoms with van der Waals surface area (Å²) in [6.07, 6.45) is 3.89. The summed E-state index contributed by atoms with van der Waals surface area (Å²) in [4.78, 5) is 11.7. The van der Waals surface area contributed by atoms with Crippen LogP contribution in [0.15, 0.2) is 6.20 Å². The third-order valence-corrected chi connectivity index (χ3v) is 2.65. The van der Waals surface area contributed by atoms with Crippen molar-refractivity contribution >= 4 is 11.6 Å². The summed E-state index contributed by atoms with van der Waals surface area (Å²) in [5.41, 5.74) is 7.07. The zero-order valence-electron chi connectivity index (χ0n) is 9.03. The molecule has 0 radical (unpaired) electrons. The quantitative estimate of drug-likeness (QED) is 0.764.